The van der Waals surface area contributed by atoms with Gasteiger partial charge in [-0.2, -0.15) is 0 Å². The normalized spacial score (nSPS) is 18.9. The van der Waals surface area contributed by atoms with E-state index in [0.29, 0.717) is 11.1 Å². The molecule has 2 amide bonds. The Labute approximate surface area is 175 Å². The van der Waals surface area contributed by atoms with Crippen molar-refractivity contribution < 1.29 is 23.1 Å². The molecule has 0 saturated heterocycles. The van der Waals surface area contributed by atoms with Gasteiger partial charge in [0.25, 0.3) is 15.9 Å². The first-order valence-corrected chi connectivity index (χ1v) is 10.9. The molecule has 1 atom stereocenters. The number of fused-ring (bicyclic) bond motifs is 1. The number of anilines is 2. The fourth-order valence-corrected chi connectivity index (χ4v) is 6.12. The standard InChI is InChI=1S/C21H25N3O5S/c1-11(2)21(27)20(26)23-16-10-15(19(22)25)6-7-17(16)24(21)30(28,29)18-13(4)8-12(3)9-14(18)5/h6-11,27H,1-5H3,(H2,22,25)(H,23,26). The van der Waals surface area contributed by atoms with Gasteiger partial charge in [-0.3, -0.25) is 9.59 Å². The number of nitrogens with two attached hydrogens (primary N) is 1. The molecule has 0 spiro atoms. The van der Waals surface area contributed by atoms with Gasteiger partial charge in [-0.1, -0.05) is 31.5 Å². The van der Waals surface area contributed by atoms with E-state index in [0.717, 1.165) is 9.87 Å². The number of rotatable bonds is 4. The number of hydrogen-bond donors (Lipinski definition) is 3. The lowest BCUT2D eigenvalue weighted by atomic mass is 9.95. The number of sulfonamides is 1. The number of amides is 2. The van der Waals surface area contributed by atoms with Gasteiger partial charge in [-0.25, -0.2) is 12.7 Å². The molecular weight excluding hydrogens is 406 g/mol. The molecule has 0 fully saturated rings. The lowest BCUT2D eigenvalue weighted by Gasteiger charge is -2.45. The predicted molar refractivity (Wildman–Crippen MR) is 114 cm³/mol. The molecule has 1 heterocycles. The summed E-state index contributed by atoms with van der Waals surface area (Å²) in [5.41, 5.74) is 5.07. The number of aliphatic hydroxyl groups is 1. The fourth-order valence-electron chi connectivity index (χ4n) is 3.93. The highest BCUT2D eigenvalue weighted by Gasteiger charge is 2.55. The molecule has 8 nitrogen and oxygen atoms in total. The Hall–Kier alpha value is -2.91. The molecule has 1 aliphatic rings. The highest BCUT2D eigenvalue weighted by atomic mass is 32.2. The molecule has 0 aromatic heterocycles. The molecule has 0 saturated carbocycles. The van der Waals surface area contributed by atoms with E-state index in [9.17, 15) is 23.1 Å². The van der Waals surface area contributed by atoms with Crippen molar-refractivity contribution in [3.05, 3.63) is 52.6 Å². The number of nitrogens with one attached hydrogen (secondary N) is 1. The molecule has 0 bridgehead atoms. The minimum atomic E-state index is -4.37. The zero-order chi connectivity index (χ0) is 22.6. The summed E-state index contributed by atoms with van der Waals surface area (Å²) in [4.78, 5) is 24.5. The van der Waals surface area contributed by atoms with Crippen molar-refractivity contribution in [1.82, 2.24) is 0 Å². The number of carbonyl (C=O) groups excluding carboxylic acids is 2. The van der Waals surface area contributed by atoms with Gasteiger partial charge in [0.2, 0.25) is 11.6 Å². The van der Waals surface area contributed by atoms with Gasteiger partial charge in [0.05, 0.1) is 16.3 Å². The molecule has 1 aliphatic heterocycles. The average Bonchev–Trinajstić information content (AvgIpc) is 2.60. The molecule has 2 aromatic rings. The minimum absolute atomic E-state index is 0.0202. The maximum absolute atomic E-state index is 13.9. The van der Waals surface area contributed by atoms with E-state index >= 15 is 0 Å². The average molecular weight is 432 g/mol. The Morgan fingerprint density at radius 2 is 1.70 bits per heavy atom. The Morgan fingerprint density at radius 1 is 1.13 bits per heavy atom. The van der Waals surface area contributed by atoms with Gasteiger partial charge in [0.1, 0.15) is 0 Å². The summed E-state index contributed by atoms with van der Waals surface area (Å²) < 4.78 is 28.5. The van der Waals surface area contributed by atoms with Crippen LogP contribution in [0.2, 0.25) is 0 Å². The van der Waals surface area contributed by atoms with E-state index in [1.165, 1.54) is 18.2 Å². The van der Waals surface area contributed by atoms with Crippen LogP contribution in [0.1, 0.15) is 40.9 Å². The van der Waals surface area contributed by atoms with E-state index < -0.39 is 33.5 Å². The summed E-state index contributed by atoms with van der Waals surface area (Å²) in [7, 11) is -4.37. The Morgan fingerprint density at radius 3 is 2.20 bits per heavy atom. The van der Waals surface area contributed by atoms with Crippen LogP contribution in [0.15, 0.2) is 35.2 Å². The minimum Gasteiger partial charge on any atom is -0.366 e. The third kappa shape index (κ3) is 3.14. The van der Waals surface area contributed by atoms with Crippen molar-refractivity contribution in [2.24, 2.45) is 11.7 Å². The quantitative estimate of drug-likeness (QED) is 0.683. The summed E-state index contributed by atoms with van der Waals surface area (Å²) in [5.74, 6) is -2.41. The molecule has 1 unspecified atom stereocenters. The number of benzene rings is 2. The van der Waals surface area contributed by atoms with Gasteiger partial charge < -0.3 is 16.2 Å². The van der Waals surface area contributed by atoms with Crippen molar-refractivity contribution >= 4 is 33.2 Å². The monoisotopic (exact) mass is 431 g/mol. The zero-order valence-electron chi connectivity index (χ0n) is 17.5. The molecule has 3 rings (SSSR count). The molecule has 4 N–H and O–H groups in total. The van der Waals surface area contributed by atoms with Crippen LogP contribution in [0.25, 0.3) is 0 Å². The van der Waals surface area contributed by atoms with Crippen molar-refractivity contribution in [3.8, 4) is 0 Å². The van der Waals surface area contributed by atoms with Crippen molar-refractivity contribution in [3.63, 3.8) is 0 Å². The van der Waals surface area contributed by atoms with Crippen molar-refractivity contribution in [2.45, 2.75) is 45.2 Å². The number of carbonyl (C=O) groups is 2. The number of primary amides is 1. The van der Waals surface area contributed by atoms with Crippen LogP contribution in [-0.4, -0.2) is 31.1 Å². The van der Waals surface area contributed by atoms with E-state index in [-0.39, 0.29) is 21.8 Å². The lowest BCUT2D eigenvalue weighted by Crippen LogP contribution is -2.65. The summed E-state index contributed by atoms with van der Waals surface area (Å²) in [6.45, 7) is 8.31. The van der Waals surface area contributed by atoms with Gasteiger partial charge >= 0.3 is 0 Å². The third-order valence-electron chi connectivity index (χ3n) is 5.30. The van der Waals surface area contributed by atoms with Gasteiger partial charge in [0.15, 0.2) is 0 Å². The summed E-state index contributed by atoms with van der Waals surface area (Å²) in [6, 6.07) is 7.48. The van der Waals surface area contributed by atoms with Crippen LogP contribution in [-0.2, 0) is 14.8 Å². The maximum atomic E-state index is 13.9. The number of nitrogens with zero attached hydrogens (tertiary/aromatic N) is 1. The summed E-state index contributed by atoms with van der Waals surface area (Å²) in [6.07, 6.45) is 0. The SMILES string of the molecule is Cc1cc(C)c(S(=O)(=O)N2c3ccc(C(N)=O)cc3NC(=O)C2(O)C(C)C)c(C)c1. The Kier molecular flexibility index (Phi) is 5.16. The molecule has 30 heavy (non-hydrogen) atoms. The van der Waals surface area contributed by atoms with E-state index in [4.69, 9.17) is 5.73 Å². The largest absolute Gasteiger partial charge is 0.366 e. The van der Waals surface area contributed by atoms with Crippen molar-refractivity contribution in [1.29, 1.82) is 0 Å². The predicted octanol–water partition coefficient (Wildman–Crippen LogP) is 2.20. The smallest absolute Gasteiger partial charge is 0.279 e. The number of hydrogen-bond acceptors (Lipinski definition) is 5. The molecule has 0 aliphatic carbocycles. The molecule has 2 aromatic carbocycles. The summed E-state index contributed by atoms with van der Waals surface area (Å²) >= 11 is 0. The van der Waals surface area contributed by atoms with E-state index in [1.807, 2.05) is 6.92 Å². The van der Waals surface area contributed by atoms with E-state index in [1.54, 1.807) is 39.8 Å². The number of aryl methyl sites for hydroxylation is 3. The van der Waals surface area contributed by atoms with E-state index in [2.05, 4.69) is 5.32 Å². The van der Waals surface area contributed by atoms with Crippen LogP contribution < -0.4 is 15.4 Å². The highest BCUT2D eigenvalue weighted by molar-refractivity contribution is 7.93. The van der Waals surface area contributed by atoms with Crippen LogP contribution in [0.3, 0.4) is 0 Å². The van der Waals surface area contributed by atoms with Crippen LogP contribution in [0.4, 0.5) is 11.4 Å². The fraction of sp³-hybridized carbons (Fsp3) is 0.333. The topological polar surface area (TPSA) is 130 Å². The van der Waals surface area contributed by atoms with Gasteiger partial charge in [0, 0.05) is 11.5 Å². The summed E-state index contributed by atoms with van der Waals surface area (Å²) in [5, 5.41) is 13.9. The van der Waals surface area contributed by atoms with Gasteiger partial charge in [-0.15, -0.1) is 0 Å². The van der Waals surface area contributed by atoms with Gasteiger partial charge in [-0.05, 0) is 50.1 Å². The Balaban J connectivity index is 2.37. The zero-order valence-corrected chi connectivity index (χ0v) is 18.3. The second kappa shape index (κ2) is 7.10. The second-order valence-corrected chi connectivity index (χ2v) is 9.65. The van der Waals surface area contributed by atoms with Crippen LogP contribution in [0.5, 0.6) is 0 Å². The molecule has 0 radical (unpaired) electrons. The first-order valence-electron chi connectivity index (χ1n) is 9.42. The highest BCUT2D eigenvalue weighted by Crippen LogP contribution is 2.44. The first-order chi connectivity index (χ1) is 13.8. The molecular formula is C21H25N3O5S. The third-order valence-corrected chi connectivity index (χ3v) is 7.42. The van der Waals surface area contributed by atoms with Crippen LogP contribution >= 0.6 is 0 Å². The Bertz CT molecular complexity index is 1150. The first kappa shape index (κ1) is 21.8. The van der Waals surface area contributed by atoms with Crippen molar-refractivity contribution in [2.75, 3.05) is 9.62 Å². The van der Waals surface area contributed by atoms with Crippen LogP contribution in [0, 0.1) is 26.7 Å². The molecule has 9 heteroatoms. The molecule has 160 valence electrons. The maximum Gasteiger partial charge on any atom is 0.279 e. The lowest BCUT2D eigenvalue weighted by molar-refractivity contribution is -0.137. The second-order valence-electron chi connectivity index (χ2n) is 7.93.